The van der Waals surface area contributed by atoms with Crippen molar-refractivity contribution in [3.8, 4) is 11.3 Å². The molecule has 4 heterocycles. The quantitative estimate of drug-likeness (QED) is 0.643. The molecule has 0 saturated carbocycles. The summed E-state index contributed by atoms with van der Waals surface area (Å²) in [6.45, 7) is 7.70. The van der Waals surface area contributed by atoms with Gasteiger partial charge in [-0.2, -0.15) is 5.10 Å². The standard InChI is InChI=1S/C22H25N5O3/c1-16-14-19(17(2)30-16)22(29)26-11-8-25(9-12-26)10-13-27-21(28)6-5-20(24-27)18-4-3-7-23-15-18/h3-7,14-15H,8-13H2,1-2H3. The Hall–Kier alpha value is -3.26. The summed E-state index contributed by atoms with van der Waals surface area (Å²) in [6, 6.07) is 8.83. The van der Waals surface area contributed by atoms with E-state index in [2.05, 4.69) is 15.0 Å². The van der Waals surface area contributed by atoms with Crippen LogP contribution in [-0.2, 0) is 6.54 Å². The molecule has 1 aliphatic rings. The number of pyridine rings is 1. The Morgan fingerprint density at radius 1 is 1.10 bits per heavy atom. The zero-order chi connectivity index (χ0) is 21.1. The van der Waals surface area contributed by atoms with E-state index in [1.165, 1.54) is 4.68 Å². The highest BCUT2D eigenvalue weighted by Gasteiger charge is 2.24. The van der Waals surface area contributed by atoms with Gasteiger partial charge in [0.1, 0.15) is 11.5 Å². The number of hydrogen-bond donors (Lipinski definition) is 0. The van der Waals surface area contributed by atoms with Crippen LogP contribution in [0.25, 0.3) is 11.3 Å². The van der Waals surface area contributed by atoms with Crippen LogP contribution in [0, 0.1) is 13.8 Å². The minimum absolute atomic E-state index is 0.0195. The Kier molecular flexibility index (Phi) is 5.76. The van der Waals surface area contributed by atoms with E-state index in [0.717, 1.165) is 30.1 Å². The topological polar surface area (TPSA) is 84.5 Å². The van der Waals surface area contributed by atoms with Crippen molar-refractivity contribution < 1.29 is 9.21 Å². The maximum Gasteiger partial charge on any atom is 0.266 e. The normalized spacial score (nSPS) is 14.8. The van der Waals surface area contributed by atoms with Gasteiger partial charge in [-0.05, 0) is 38.1 Å². The molecule has 4 rings (SSSR count). The average Bonchev–Trinajstić information content (AvgIpc) is 3.11. The first-order valence-corrected chi connectivity index (χ1v) is 10.1. The molecule has 0 aliphatic carbocycles. The highest BCUT2D eigenvalue weighted by molar-refractivity contribution is 5.95. The van der Waals surface area contributed by atoms with Crippen LogP contribution < -0.4 is 5.56 Å². The first-order chi connectivity index (χ1) is 14.5. The third kappa shape index (κ3) is 4.33. The van der Waals surface area contributed by atoms with Crippen molar-refractivity contribution in [2.45, 2.75) is 20.4 Å². The fraction of sp³-hybridized carbons (Fsp3) is 0.364. The number of furan rings is 1. The summed E-state index contributed by atoms with van der Waals surface area (Å²) in [5.41, 5.74) is 2.12. The summed E-state index contributed by atoms with van der Waals surface area (Å²) < 4.78 is 6.98. The number of carbonyl (C=O) groups excluding carboxylic acids is 1. The minimum Gasteiger partial charge on any atom is -0.466 e. The molecule has 0 N–H and O–H groups in total. The van der Waals surface area contributed by atoms with Crippen LogP contribution in [0.4, 0.5) is 0 Å². The van der Waals surface area contributed by atoms with Gasteiger partial charge in [0, 0.05) is 56.7 Å². The Morgan fingerprint density at radius 3 is 2.57 bits per heavy atom. The second kappa shape index (κ2) is 8.62. The molecule has 1 amide bonds. The molecular formula is C22H25N5O3. The van der Waals surface area contributed by atoms with Crippen LogP contribution in [0.5, 0.6) is 0 Å². The molecule has 1 aliphatic heterocycles. The van der Waals surface area contributed by atoms with Gasteiger partial charge < -0.3 is 9.32 Å². The lowest BCUT2D eigenvalue weighted by Gasteiger charge is -2.34. The largest absolute Gasteiger partial charge is 0.466 e. The maximum absolute atomic E-state index is 12.7. The fourth-order valence-electron chi connectivity index (χ4n) is 3.70. The van der Waals surface area contributed by atoms with Crippen LogP contribution in [0.15, 0.2) is 51.9 Å². The maximum atomic E-state index is 12.7. The summed E-state index contributed by atoms with van der Waals surface area (Å²) in [6.07, 6.45) is 3.44. The summed E-state index contributed by atoms with van der Waals surface area (Å²) in [5.74, 6) is 1.44. The van der Waals surface area contributed by atoms with Gasteiger partial charge >= 0.3 is 0 Å². The number of nitrogens with zero attached hydrogens (tertiary/aromatic N) is 5. The SMILES string of the molecule is Cc1cc(C(=O)N2CCN(CCn3nc(-c4cccnc4)ccc3=O)CC2)c(C)o1. The van der Waals surface area contributed by atoms with E-state index in [1.54, 1.807) is 30.6 Å². The van der Waals surface area contributed by atoms with Crippen LogP contribution in [0.2, 0.25) is 0 Å². The van der Waals surface area contributed by atoms with E-state index >= 15 is 0 Å². The molecule has 0 bridgehead atoms. The average molecular weight is 407 g/mol. The molecule has 8 heteroatoms. The van der Waals surface area contributed by atoms with E-state index in [4.69, 9.17) is 4.42 Å². The number of piperazine rings is 1. The van der Waals surface area contributed by atoms with Crippen molar-refractivity contribution in [3.05, 3.63) is 70.2 Å². The number of aryl methyl sites for hydroxylation is 2. The van der Waals surface area contributed by atoms with E-state index in [0.29, 0.717) is 37.5 Å². The zero-order valence-corrected chi connectivity index (χ0v) is 17.2. The lowest BCUT2D eigenvalue weighted by molar-refractivity contribution is 0.0630. The molecule has 0 radical (unpaired) electrons. The number of rotatable bonds is 5. The molecule has 3 aromatic rings. The third-order valence-corrected chi connectivity index (χ3v) is 5.38. The van der Waals surface area contributed by atoms with Gasteiger partial charge in [0.2, 0.25) is 0 Å². The van der Waals surface area contributed by atoms with Crippen LogP contribution in [-0.4, -0.2) is 63.2 Å². The Morgan fingerprint density at radius 2 is 1.90 bits per heavy atom. The highest BCUT2D eigenvalue weighted by atomic mass is 16.3. The second-order valence-corrected chi connectivity index (χ2v) is 7.48. The van der Waals surface area contributed by atoms with Gasteiger partial charge in [-0.3, -0.25) is 19.5 Å². The number of aromatic nitrogens is 3. The predicted molar refractivity (Wildman–Crippen MR) is 112 cm³/mol. The summed E-state index contributed by atoms with van der Waals surface area (Å²) in [7, 11) is 0. The van der Waals surface area contributed by atoms with Gasteiger partial charge in [0.05, 0.1) is 17.8 Å². The zero-order valence-electron chi connectivity index (χ0n) is 17.2. The molecule has 0 unspecified atom stereocenters. The van der Waals surface area contributed by atoms with E-state index in [1.807, 2.05) is 30.9 Å². The minimum atomic E-state index is -0.123. The van der Waals surface area contributed by atoms with Crippen molar-refractivity contribution in [1.29, 1.82) is 0 Å². The molecule has 3 aromatic heterocycles. The number of carbonyl (C=O) groups is 1. The van der Waals surface area contributed by atoms with Gasteiger partial charge in [-0.1, -0.05) is 0 Å². The molecular weight excluding hydrogens is 382 g/mol. The molecule has 0 atom stereocenters. The van der Waals surface area contributed by atoms with Crippen molar-refractivity contribution >= 4 is 5.91 Å². The summed E-state index contributed by atoms with van der Waals surface area (Å²) >= 11 is 0. The molecule has 1 fully saturated rings. The first kappa shape index (κ1) is 20.0. The monoisotopic (exact) mass is 407 g/mol. The lowest BCUT2D eigenvalue weighted by Crippen LogP contribution is -2.49. The van der Waals surface area contributed by atoms with Crippen LogP contribution >= 0.6 is 0 Å². The lowest BCUT2D eigenvalue weighted by atomic mass is 10.2. The third-order valence-electron chi connectivity index (χ3n) is 5.38. The van der Waals surface area contributed by atoms with Crippen molar-refractivity contribution in [1.82, 2.24) is 24.6 Å². The Balaban J connectivity index is 1.34. The molecule has 0 aromatic carbocycles. The fourth-order valence-corrected chi connectivity index (χ4v) is 3.70. The smallest absolute Gasteiger partial charge is 0.266 e. The first-order valence-electron chi connectivity index (χ1n) is 10.1. The van der Waals surface area contributed by atoms with Crippen LogP contribution in [0.1, 0.15) is 21.9 Å². The number of hydrogen-bond acceptors (Lipinski definition) is 6. The van der Waals surface area contributed by atoms with Gasteiger partial charge in [-0.25, -0.2) is 4.68 Å². The molecule has 30 heavy (non-hydrogen) atoms. The molecule has 8 nitrogen and oxygen atoms in total. The van der Waals surface area contributed by atoms with Gasteiger partial charge in [0.15, 0.2) is 0 Å². The van der Waals surface area contributed by atoms with Gasteiger partial charge in [-0.15, -0.1) is 0 Å². The summed E-state index contributed by atoms with van der Waals surface area (Å²) in [5, 5.41) is 4.48. The van der Waals surface area contributed by atoms with Gasteiger partial charge in [0.25, 0.3) is 11.5 Å². The van der Waals surface area contributed by atoms with Crippen molar-refractivity contribution in [2.24, 2.45) is 0 Å². The molecule has 0 spiro atoms. The molecule has 1 saturated heterocycles. The van der Waals surface area contributed by atoms with E-state index in [9.17, 15) is 9.59 Å². The predicted octanol–water partition coefficient (Wildman–Crippen LogP) is 1.97. The van der Waals surface area contributed by atoms with Crippen molar-refractivity contribution in [3.63, 3.8) is 0 Å². The van der Waals surface area contributed by atoms with E-state index in [-0.39, 0.29) is 11.5 Å². The van der Waals surface area contributed by atoms with Crippen molar-refractivity contribution in [2.75, 3.05) is 32.7 Å². The Bertz CT molecular complexity index is 1080. The highest BCUT2D eigenvalue weighted by Crippen LogP contribution is 2.17. The van der Waals surface area contributed by atoms with Crippen LogP contribution in [0.3, 0.4) is 0 Å². The molecule has 156 valence electrons. The Labute approximate surface area is 174 Å². The second-order valence-electron chi connectivity index (χ2n) is 7.48. The van der Waals surface area contributed by atoms with E-state index < -0.39 is 0 Å². The summed E-state index contributed by atoms with van der Waals surface area (Å²) in [4.78, 5) is 33.2. The number of amides is 1.